The van der Waals surface area contributed by atoms with Crippen LogP contribution >= 0.6 is 0 Å². The molecule has 8 heteroatoms. The van der Waals surface area contributed by atoms with Crippen molar-refractivity contribution < 1.29 is 22.0 Å². The van der Waals surface area contributed by atoms with Gasteiger partial charge in [-0.05, 0) is 56.2 Å². The van der Waals surface area contributed by atoms with Crippen LogP contribution < -0.4 is 5.32 Å². The second kappa shape index (κ2) is 6.97. The first kappa shape index (κ1) is 17.6. The lowest BCUT2D eigenvalue weighted by molar-refractivity contribution is -0.125. The molecule has 2 atom stereocenters. The maximum atomic E-state index is 13.1. The van der Waals surface area contributed by atoms with Crippen molar-refractivity contribution in [3.05, 3.63) is 54.2 Å². The van der Waals surface area contributed by atoms with Crippen LogP contribution in [0.4, 0.5) is 4.39 Å². The fourth-order valence-electron chi connectivity index (χ4n) is 2.95. The Morgan fingerprint density at radius 3 is 2.68 bits per heavy atom. The van der Waals surface area contributed by atoms with E-state index in [1.807, 2.05) is 0 Å². The lowest BCUT2D eigenvalue weighted by Gasteiger charge is -2.24. The summed E-state index contributed by atoms with van der Waals surface area (Å²) in [5, 5.41) is 2.79. The predicted octanol–water partition coefficient (Wildman–Crippen LogP) is 2.45. The molecule has 2 aromatic rings. The van der Waals surface area contributed by atoms with Crippen molar-refractivity contribution >= 4 is 15.9 Å². The van der Waals surface area contributed by atoms with Crippen LogP contribution in [0.1, 0.15) is 31.6 Å². The van der Waals surface area contributed by atoms with Crippen molar-refractivity contribution in [1.82, 2.24) is 9.62 Å². The van der Waals surface area contributed by atoms with Gasteiger partial charge in [-0.1, -0.05) is 0 Å². The number of carbonyl (C=O) groups excluding carboxylic acids is 1. The Balaban J connectivity index is 1.77. The van der Waals surface area contributed by atoms with Gasteiger partial charge in [0.15, 0.2) is 0 Å². The monoisotopic (exact) mass is 366 g/mol. The van der Waals surface area contributed by atoms with E-state index in [0.717, 1.165) is 12.1 Å². The smallest absolute Gasteiger partial charge is 0.243 e. The SMILES string of the molecule is CC(NC(=O)C1CCCN1S(=O)(=O)c1ccc(F)cc1)c1ccco1. The molecule has 1 aromatic carbocycles. The number of rotatable bonds is 5. The molecule has 0 spiro atoms. The molecule has 1 aliphatic rings. The summed E-state index contributed by atoms with van der Waals surface area (Å²) in [4.78, 5) is 12.6. The van der Waals surface area contributed by atoms with Crippen molar-refractivity contribution in [2.45, 2.75) is 36.7 Å². The van der Waals surface area contributed by atoms with Crippen LogP contribution in [0.15, 0.2) is 52.0 Å². The van der Waals surface area contributed by atoms with E-state index in [1.54, 1.807) is 19.1 Å². The fourth-order valence-corrected chi connectivity index (χ4v) is 4.61. The van der Waals surface area contributed by atoms with Crippen LogP contribution in [0.3, 0.4) is 0 Å². The molecule has 3 rings (SSSR count). The zero-order chi connectivity index (χ0) is 18.0. The third-order valence-corrected chi connectivity index (χ3v) is 6.18. The van der Waals surface area contributed by atoms with Gasteiger partial charge in [0.2, 0.25) is 15.9 Å². The molecular formula is C17H19FN2O4S. The highest BCUT2D eigenvalue weighted by Gasteiger charge is 2.39. The van der Waals surface area contributed by atoms with Crippen LogP contribution in [0, 0.1) is 5.82 Å². The Bertz CT molecular complexity index is 834. The summed E-state index contributed by atoms with van der Waals surface area (Å²) in [5.74, 6) is -0.284. The Labute approximate surface area is 145 Å². The van der Waals surface area contributed by atoms with Gasteiger partial charge in [-0.3, -0.25) is 4.79 Å². The van der Waals surface area contributed by atoms with Crippen molar-refractivity contribution in [3.63, 3.8) is 0 Å². The minimum absolute atomic E-state index is 0.0207. The lowest BCUT2D eigenvalue weighted by Crippen LogP contribution is -2.46. The summed E-state index contributed by atoms with van der Waals surface area (Å²) in [6, 6.07) is 6.93. The number of carbonyl (C=O) groups is 1. The molecule has 0 saturated carbocycles. The van der Waals surface area contributed by atoms with Gasteiger partial charge < -0.3 is 9.73 Å². The highest BCUT2D eigenvalue weighted by molar-refractivity contribution is 7.89. The van der Waals surface area contributed by atoms with E-state index in [1.165, 1.54) is 22.7 Å². The van der Waals surface area contributed by atoms with E-state index in [-0.39, 0.29) is 23.4 Å². The minimum Gasteiger partial charge on any atom is -0.467 e. The number of halogens is 1. The molecule has 0 aliphatic carbocycles. The number of hydrogen-bond donors (Lipinski definition) is 1. The van der Waals surface area contributed by atoms with Crippen molar-refractivity contribution in [2.75, 3.05) is 6.54 Å². The lowest BCUT2D eigenvalue weighted by atomic mass is 10.2. The molecule has 1 N–H and O–H groups in total. The van der Waals surface area contributed by atoms with Crippen molar-refractivity contribution in [3.8, 4) is 0 Å². The second-order valence-corrected chi connectivity index (χ2v) is 7.86. The molecule has 0 radical (unpaired) electrons. The number of amides is 1. The minimum atomic E-state index is -3.86. The zero-order valence-corrected chi connectivity index (χ0v) is 14.5. The van der Waals surface area contributed by atoms with Crippen molar-refractivity contribution in [1.29, 1.82) is 0 Å². The second-order valence-electron chi connectivity index (χ2n) is 5.97. The summed E-state index contributed by atoms with van der Waals surface area (Å²) in [6.07, 6.45) is 2.55. The van der Waals surface area contributed by atoms with Gasteiger partial charge in [-0.25, -0.2) is 12.8 Å². The molecular weight excluding hydrogens is 347 g/mol. The molecule has 0 bridgehead atoms. The number of benzene rings is 1. The fraction of sp³-hybridized carbons (Fsp3) is 0.353. The summed E-state index contributed by atoms with van der Waals surface area (Å²) in [6.45, 7) is 2.03. The average molecular weight is 366 g/mol. The molecule has 25 heavy (non-hydrogen) atoms. The third kappa shape index (κ3) is 3.59. The molecule has 1 amide bonds. The Morgan fingerprint density at radius 2 is 2.04 bits per heavy atom. The first-order valence-corrected chi connectivity index (χ1v) is 9.45. The molecule has 2 heterocycles. The molecule has 2 unspecified atom stereocenters. The molecule has 1 aliphatic heterocycles. The van der Waals surface area contributed by atoms with Gasteiger partial charge in [0, 0.05) is 6.54 Å². The summed E-state index contributed by atoms with van der Waals surface area (Å²) in [5.41, 5.74) is 0. The Kier molecular flexibility index (Phi) is 4.91. The molecule has 134 valence electrons. The zero-order valence-electron chi connectivity index (χ0n) is 13.7. The predicted molar refractivity (Wildman–Crippen MR) is 88.6 cm³/mol. The van der Waals surface area contributed by atoms with Gasteiger partial charge in [0.05, 0.1) is 17.2 Å². The molecule has 1 fully saturated rings. The van der Waals surface area contributed by atoms with Crippen LogP contribution in [0.5, 0.6) is 0 Å². The highest BCUT2D eigenvalue weighted by atomic mass is 32.2. The summed E-state index contributed by atoms with van der Waals surface area (Å²) in [7, 11) is -3.86. The van der Waals surface area contributed by atoms with Crippen LogP contribution in [0.2, 0.25) is 0 Å². The van der Waals surface area contributed by atoms with Gasteiger partial charge in [-0.15, -0.1) is 0 Å². The van der Waals surface area contributed by atoms with E-state index < -0.39 is 21.9 Å². The number of hydrogen-bond acceptors (Lipinski definition) is 4. The van der Waals surface area contributed by atoms with E-state index in [4.69, 9.17) is 4.42 Å². The third-order valence-electron chi connectivity index (χ3n) is 4.26. The Hall–Kier alpha value is -2.19. The molecule has 6 nitrogen and oxygen atoms in total. The number of sulfonamides is 1. The van der Waals surface area contributed by atoms with E-state index >= 15 is 0 Å². The average Bonchev–Trinajstić information content (AvgIpc) is 3.27. The van der Waals surface area contributed by atoms with Crippen LogP contribution in [-0.2, 0) is 14.8 Å². The van der Waals surface area contributed by atoms with Gasteiger partial charge in [-0.2, -0.15) is 4.31 Å². The highest BCUT2D eigenvalue weighted by Crippen LogP contribution is 2.27. The topological polar surface area (TPSA) is 79.6 Å². The summed E-state index contributed by atoms with van der Waals surface area (Å²) < 4.78 is 45.0. The normalized spacial score (nSPS) is 19.7. The first-order valence-electron chi connectivity index (χ1n) is 8.01. The van der Waals surface area contributed by atoms with E-state index in [0.29, 0.717) is 18.6 Å². The van der Waals surface area contributed by atoms with Gasteiger partial charge in [0.25, 0.3) is 0 Å². The Morgan fingerprint density at radius 1 is 1.32 bits per heavy atom. The standard InChI is InChI=1S/C17H19FN2O4S/c1-12(16-5-3-11-24-16)19-17(21)15-4-2-10-20(15)25(22,23)14-8-6-13(18)7-9-14/h3,5-9,11-12,15H,2,4,10H2,1H3,(H,19,21). The number of furan rings is 1. The molecule has 1 saturated heterocycles. The maximum Gasteiger partial charge on any atom is 0.243 e. The molecule has 1 aromatic heterocycles. The first-order chi connectivity index (χ1) is 11.9. The quantitative estimate of drug-likeness (QED) is 0.881. The summed E-state index contributed by atoms with van der Waals surface area (Å²) >= 11 is 0. The van der Waals surface area contributed by atoms with E-state index in [9.17, 15) is 17.6 Å². The van der Waals surface area contributed by atoms with Crippen molar-refractivity contribution in [2.24, 2.45) is 0 Å². The number of nitrogens with one attached hydrogen (secondary N) is 1. The van der Waals surface area contributed by atoms with Crippen LogP contribution in [0.25, 0.3) is 0 Å². The maximum absolute atomic E-state index is 13.1. The van der Waals surface area contributed by atoms with Gasteiger partial charge >= 0.3 is 0 Å². The van der Waals surface area contributed by atoms with Crippen LogP contribution in [-0.4, -0.2) is 31.2 Å². The largest absolute Gasteiger partial charge is 0.467 e. The van der Waals surface area contributed by atoms with E-state index in [2.05, 4.69) is 5.32 Å². The number of nitrogens with zero attached hydrogens (tertiary/aromatic N) is 1. The van der Waals surface area contributed by atoms with Gasteiger partial charge in [0.1, 0.15) is 17.6 Å².